The lowest BCUT2D eigenvalue weighted by Gasteiger charge is -2.40. The van der Waals surface area contributed by atoms with Crippen LogP contribution in [-0.4, -0.2) is 64.9 Å². The summed E-state index contributed by atoms with van der Waals surface area (Å²) in [7, 11) is 2.17. The van der Waals surface area contributed by atoms with Crippen LogP contribution in [0.2, 0.25) is 0 Å². The molecule has 0 spiro atoms. The van der Waals surface area contributed by atoms with E-state index in [1.54, 1.807) is 0 Å². The molecular weight excluding hydrogens is 258 g/mol. The number of piperidine rings is 1. The Labute approximate surface area is 123 Å². The van der Waals surface area contributed by atoms with E-state index >= 15 is 0 Å². The maximum absolute atomic E-state index is 9.07. The fourth-order valence-corrected chi connectivity index (χ4v) is 2.94. The predicted octanol–water partition coefficient (Wildman–Crippen LogP) is 1.44. The van der Waals surface area contributed by atoms with Gasteiger partial charge in [-0.25, -0.2) is 0 Å². The Morgan fingerprint density at radius 1 is 1.37 bits per heavy atom. The number of thiocarbonyl (C=S) groups is 1. The van der Waals surface area contributed by atoms with Crippen LogP contribution in [0.5, 0.6) is 0 Å². The zero-order valence-corrected chi connectivity index (χ0v) is 13.6. The van der Waals surface area contributed by atoms with Gasteiger partial charge in [-0.05, 0) is 72.4 Å². The van der Waals surface area contributed by atoms with Crippen molar-refractivity contribution < 1.29 is 5.11 Å². The number of hydrogen-bond donors (Lipinski definition) is 2. The summed E-state index contributed by atoms with van der Waals surface area (Å²) >= 11 is 5.57. The van der Waals surface area contributed by atoms with Gasteiger partial charge in [0.1, 0.15) is 0 Å². The van der Waals surface area contributed by atoms with Gasteiger partial charge in [0.05, 0.1) is 0 Å². The second-order valence-electron chi connectivity index (χ2n) is 6.49. The van der Waals surface area contributed by atoms with Crippen LogP contribution in [0.25, 0.3) is 0 Å². The molecule has 1 aliphatic rings. The minimum Gasteiger partial charge on any atom is -0.396 e. The molecular formula is C14H29N3OS. The van der Waals surface area contributed by atoms with Crippen LogP contribution in [0.15, 0.2) is 0 Å². The highest BCUT2D eigenvalue weighted by molar-refractivity contribution is 7.80. The molecule has 1 aliphatic heterocycles. The van der Waals surface area contributed by atoms with E-state index in [1.165, 1.54) is 0 Å². The lowest BCUT2D eigenvalue weighted by Crippen LogP contribution is -2.54. The number of nitrogens with zero attached hydrogens (tertiary/aromatic N) is 2. The van der Waals surface area contributed by atoms with Gasteiger partial charge in [0.15, 0.2) is 5.11 Å². The van der Waals surface area contributed by atoms with Crippen LogP contribution in [0.1, 0.15) is 40.0 Å². The molecule has 0 aliphatic carbocycles. The third-order valence-electron chi connectivity index (χ3n) is 3.43. The zero-order valence-electron chi connectivity index (χ0n) is 12.8. The Morgan fingerprint density at radius 2 is 1.95 bits per heavy atom. The van der Waals surface area contributed by atoms with Crippen LogP contribution >= 0.6 is 12.2 Å². The first kappa shape index (κ1) is 16.7. The van der Waals surface area contributed by atoms with Crippen molar-refractivity contribution in [1.29, 1.82) is 0 Å². The van der Waals surface area contributed by atoms with E-state index in [9.17, 15) is 0 Å². The van der Waals surface area contributed by atoms with Crippen molar-refractivity contribution >= 4 is 17.3 Å². The minimum atomic E-state index is -0.0139. The molecule has 0 aromatic rings. The second kappa shape index (κ2) is 7.41. The van der Waals surface area contributed by atoms with E-state index in [1.807, 2.05) is 0 Å². The number of likely N-dealkylation sites (tertiary alicyclic amines) is 1. The van der Waals surface area contributed by atoms with E-state index in [-0.39, 0.29) is 12.1 Å². The number of rotatable bonds is 4. The SMILES string of the molecule is CN1CCC(N(CCCO)C(=S)NC(C)(C)C)CC1. The standard InChI is InChI=1S/C14H29N3OS/c1-14(2,3)15-13(19)17(8-5-11-18)12-6-9-16(4)10-7-12/h12,18H,5-11H2,1-4H3,(H,15,19). The molecule has 0 saturated carbocycles. The Hall–Kier alpha value is -0.390. The summed E-state index contributed by atoms with van der Waals surface area (Å²) in [5, 5.41) is 13.3. The summed E-state index contributed by atoms with van der Waals surface area (Å²) in [6, 6.07) is 0.505. The fourth-order valence-electron chi connectivity index (χ4n) is 2.39. The Balaban J connectivity index is 2.62. The molecule has 0 unspecified atom stereocenters. The number of aliphatic hydroxyl groups is 1. The summed E-state index contributed by atoms with van der Waals surface area (Å²) in [4.78, 5) is 4.64. The molecule has 4 nitrogen and oxygen atoms in total. The van der Waals surface area contributed by atoms with Gasteiger partial charge in [0, 0.05) is 24.7 Å². The molecule has 112 valence electrons. The number of nitrogens with one attached hydrogen (secondary N) is 1. The van der Waals surface area contributed by atoms with Crippen molar-refractivity contribution in [3.8, 4) is 0 Å². The third kappa shape index (κ3) is 6.06. The lowest BCUT2D eigenvalue weighted by molar-refractivity contribution is 0.164. The fraction of sp³-hybridized carbons (Fsp3) is 0.929. The minimum absolute atomic E-state index is 0.0139. The van der Waals surface area contributed by atoms with Gasteiger partial charge in [0.25, 0.3) is 0 Å². The summed E-state index contributed by atoms with van der Waals surface area (Å²) in [5.74, 6) is 0. The highest BCUT2D eigenvalue weighted by Gasteiger charge is 2.26. The molecule has 1 heterocycles. The third-order valence-corrected chi connectivity index (χ3v) is 3.77. The molecule has 0 atom stereocenters. The van der Waals surface area contributed by atoms with Crippen molar-refractivity contribution in [2.45, 2.75) is 51.6 Å². The molecule has 0 aromatic carbocycles. The molecule has 1 saturated heterocycles. The first-order valence-corrected chi connectivity index (χ1v) is 7.62. The molecule has 19 heavy (non-hydrogen) atoms. The molecule has 5 heteroatoms. The van der Waals surface area contributed by atoms with Crippen LogP contribution in [0.3, 0.4) is 0 Å². The first-order valence-electron chi connectivity index (χ1n) is 7.21. The van der Waals surface area contributed by atoms with Crippen LogP contribution in [0, 0.1) is 0 Å². The summed E-state index contributed by atoms with van der Waals surface area (Å²) < 4.78 is 0. The van der Waals surface area contributed by atoms with Gasteiger partial charge in [0.2, 0.25) is 0 Å². The quantitative estimate of drug-likeness (QED) is 0.766. The van der Waals surface area contributed by atoms with Gasteiger partial charge in [-0.15, -0.1) is 0 Å². The van der Waals surface area contributed by atoms with Gasteiger partial charge in [-0.3, -0.25) is 0 Å². The Bertz CT molecular complexity index is 283. The van der Waals surface area contributed by atoms with E-state index in [2.05, 4.69) is 42.9 Å². The van der Waals surface area contributed by atoms with E-state index < -0.39 is 0 Å². The van der Waals surface area contributed by atoms with Crippen molar-refractivity contribution in [2.75, 3.05) is 33.3 Å². The molecule has 1 rings (SSSR count). The van der Waals surface area contributed by atoms with Crippen LogP contribution < -0.4 is 5.32 Å². The summed E-state index contributed by atoms with van der Waals surface area (Å²) in [5.41, 5.74) is -0.0139. The van der Waals surface area contributed by atoms with Crippen LogP contribution in [0.4, 0.5) is 0 Å². The van der Waals surface area contributed by atoms with E-state index in [0.717, 1.165) is 44.0 Å². The van der Waals surface area contributed by atoms with Gasteiger partial charge >= 0.3 is 0 Å². The highest BCUT2D eigenvalue weighted by atomic mass is 32.1. The zero-order chi connectivity index (χ0) is 14.5. The first-order chi connectivity index (χ1) is 8.83. The molecule has 0 aromatic heterocycles. The van der Waals surface area contributed by atoms with Crippen LogP contribution in [-0.2, 0) is 0 Å². The normalized spacial score (nSPS) is 18.4. The average molecular weight is 287 g/mol. The van der Waals surface area contributed by atoms with Crippen molar-refractivity contribution in [2.24, 2.45) is 0 Å². The summed E-state index contributed by atoms with van der Waals surface area (Å²) in [6.07, 6.45) is 3.07. The maximum Gasteiger partial charge on any atom is 0.169 e. The maximum atomic E-state index is 9.07. The van der Waals surface area contributed by atoms with Crippen molar-refractivity contribution in [1.82, 2.24) is 15.1 Å². The molecule has 0 amide bonds. The lowest BCUT2D eigenvalue weighted by atomic mass is 10.0. The Morgan fingerprint density at radius 3 is 2.42 bits per heavy atom. The molecule has 2 N–H and O–H groups in total. The Kier molecular flexibility index (Phi) is 6.50. The molecule has 0 radical (unpaired) electrons. The number of aliphatic hydroxyl groups excluding tert-OH is 1. The monoisotopic (exact) mass is 287 g/mol. The van der Waals surface area contributed by atoms with Crippen molar-refractivity contribution in [3.05, 3.63) is 0 Å². The largest absolute Gasteiger partial charge is 0.396 e. The predicted molar refractivity (Wildman–Crippen MR) is 84.4 cm³/mol. The second-order valence-corrected chi connectivity index (χ2v) is 6.87. The van der Waals surface area contributed by atoms with Gasteiger partial charge < -0.3 is 20.2 Å². The van der Waals surface area contributed by atoms with Gasteiger partial charge in [-0.2, -0.15) is 0 Å². The van der Waals surface area contributed by atoms with Gasteiger partial charge in [-0.1, -0.05) is 0 Å². The van der Waals surface area contributed by atoms with Crippen molar-refractivity contribution in [3.63, 3.8) is 0 Å². The molecule has 1 fully saturated rings. The highest BCUT2D eigenvalue weighted by Crippen LogP contribution is 2.17. The van der Waals surface area contributed by atoms with E-state index in [0.29, 0.717) is 6.04 Å². The smallest absolute Gasteiger partial charge is 0.169 e. The number of hydrogen-bond acceptors (Lipinski definition) is 3. The topological polar surface area (TPSA) is 38.7 Å². The average Bonchev–Trinajstić information content (AvgIpc) is 2.29. The van der Waals surface area contributed by atoms with E-state index in [4.69, 9.17) is 17.3 Å². The summed E-state index contributed by atoms with van der Waals surface area (Å²) in [6.45, 7) is 9.68. The molecule has 0 bridgehead atoms.